The Balaban J connectivity index is 1.82. The minimum atomic E-state index is -0.0527. The van der Waals surface area contributed by atoms with Crippen LogP contribution < -0.4 is 4.74 Å². The Morgan fingerprint density at radius 3 is 2.68 bits per heavy atom. The third-order valence-corrected chi connectivity index (χ3v) is 4.99. The highest BCUT2D eigenvalue weighted by Gasteiger charge is 2.20. The van der Waals surface area contributed by atoms with Crippen molar-refractivity contribution in [3.8, 4) is 16.5 Å². The first kappa shape index (κ1) is 17.1. The molecule has 0 saturated carbocycles. The van der Waals surface area contributed by atoms with E-state index in [4.69, 9.17) is 4.74 Å². The number of rotatable bonds is 5. The molecule has 0 atom stereocenters. The van der Waals surface area contributed by atoms with E-state index in [0.29, 0.717) is 11.4 Å². The van der Waals surface area contributed by atoms with Crippen molar-refractivity contribution < 1.29 is 9.53 Å². The van der Waals surface area contributed by atoms with Crippen LogP contribution in [0.25, 0.3) is 10.7 Å². The quantitative estimate of drug-likeness (QED) is 0.700. The van der Waals surface area contributed by atoms with Gasteiger partial charge in [-0.05, 0) is 25.1 Å². The number of hydrogen-bond acceptors (Lipinski definition) is 5. The number of carbonyl (C=O) groups is 1. The van der Waals surface area contributed by atoms with Gasteiger partial charge in [-0.15, -0.1) is 11.3 Å². The van der Waals surface area contributed by atoms with Gasteiger partial charge in [0.25, 0.3) is 5.91 Å². The lowest BCUT2D eigenvalue weighted by molar-refractivity contribution is 0.0788. The number of benzene rings is 1. The number of ether oxygens (including phenoxy) is 1. The van der Waals surface area contributed by atoms with Crippen LogP contribution in [0, 0.1) is 6.92 Å². The van der Waals surface area contributed by atoms with E-state index in [0.717, 1.165) is 27.7 Å². The molecule has 0 radical (unpaired) electrons. The van der Waals surface area contributed by atoms with Crippen molar-refractivity contribution in [2.24, 2.45) is 0 Å². The third kappa shape index (κ3) is 3.69. The van der Waals surface area contributed by atoms with Gasteiger partial charge >= 0.3 is 0 Å². The van der Waals surface area contributed by atoms with E-state index in [9.17, 15) is 4.79 Å². The molecule has 0 N–H and O–H groups in total. The number of methoxy groups -OCH3 is 1. The van der Waals surface area contributed by atoms with Gasteiger partial charge in [-0.1, -0.05) is 24.3 Å². The molecule has 25 heavy (non-hydrogen) atoms. The molecule has 3 rings (SSSR count). The fourth-order valence-electron chi connectivity index (χ4n) is 2.53. The van der Waals surface area contributed by atoms with Crippen molar-refractivity contribution in [2.45, 2.75) is 13.5 Å². The predicted molar refractivity (Wildman–Crippen MR) is 98.9 cm³/mol. The van der Waals surface area contributed by atoms with E-state index in [1.54, 1.807) is 25.3 Å². The Labute approximate surface area is 150 Å². The summed E-state index contributed by atoms with van der Waals surface area (Å²) in [6.07, 6.45) is 1.72. The highest BCUT2D eigenvalue weighted by molar-refractivity contribution is 7.17. The fourth-order valence-corrected chi connectivity index (χ4v) is 3.57. The number of para-hydroxylation sites is 1. The van der Waals surface area contributed by atoms with E-state index >= 15 is 0 Å². The van der Waals surface area contributed by atoms with Gasteiger partial charge in [0.1, 0.15) is 15.6 Å². The SMILES string of the molecule is COc1ccccc1CN(C)C(=O)c1sc(-c2ccccn2)nc1C. The Hall–Kier alpha value is -2.73. The molecule has 0 spiro atoms. The largest absolute Gasteiger partial charge is 0.496 e. The van der Waals surface area contributed by atoms with E-state index < -0.39 is 0 Å². The molecule has 1 amide bonds. The fraction of sp³-hybridized carbons (Fsp3) is 0.211. The van der Waals surface area contributed by atoms with Gasteiger partial charge in [0, 0.05) is 25.4 Å². The number of hydrogen-bond donors (Lipinski definition) is 0. The first-order valence-electron chi connectivity index (χ1n) is 7.86. The molecule has 1 aromatic carbocycles. The number of aryl methyl sites for hydroxylation is 1. The molecule has 0 aliphatic carbocycles. The van der Waals surface area contributed by atoms with Gasteiger partial charge in [0.2, 0.25) is 0 Å². The lowest BCUT2D eigenvalue weighted by atomic mass is 10.2. The van der Waals surface area contributed by atoms with Crippen molar-refractivity contribution in [3.05, 3.63) is 64.8 Å². The topological polar surface area (TPSA) is 55.3 Å². The Morgan fingerprint density at radius 2 is 1.96 bits per heavy atom. The molecule has 2 aromatic heterocycles. The molecule has 6 heteroatoms. The van der Waals surface area contributed by atoms with Gasteiger partial charge in [-0.3, -0.25) is 9.78 Å². The summed E-state index contributed by atoms with van der Waals surface area (Å²) in [6, 6.07) is 13.4. The maximum atomic E-state index is 12.8. The summed E-state index contributed by atoms with van der Waals surface area (Å²) in [6.45, 7) is 2.33. The molecule has 0 aliphatic rings. The Bertz CT molecular complexity index is 877. The number of nitrogens with zero attached hydrogens (tertiary/aromatic N) is 3. The molecule has 0 bridgehead atoms. The molecule has 128 valence electrons. The zero-order chi connectivity index (χ0) is 17.8. The zero-order valence-electron chi connectivity index (χ0n) is 14.4. The van der Waals surface area contributed by atoms with Crippen LogP contribution in [0.3, 0.4) is 0 Å². The number of aromatic nitrogens is 2. The van der Waals surface area contributed by atoms with Crippen LogP contribution in [-0.4, -0.2) is 34.9 Å². The predicted octanol–water partition coefficient (Wildman–Crippen LogP) is 3.79. The second-order valence-corrected chi connectivity index (χ2v) is 6.62. The molecular formula is C19H19N3O2S. The molecule has 0 aliphatic heterocycles. The second-order valence-electron chi connectivity index (χ2n) is 5.62. The van der Waals surface area contributed by atoms with Crippen molar-refractivity contribution in [2.75, 3.05) is 14.2 Å². The van der Waals surface area contributed by atoms with Gasteiger partial charge in [0.15, 0.2) is 0 Å². The summed E-state index contributed by atoms with van der Waals surface area (Å²) in [5.41, 5.74) is 2.47. The first-order valence-corrected chi connectivity index (χ1v) is 8.68. The summed E-state index contributed by atoms with van der Waals surface area (Å²) in [7, 11) is 3.42. The van der Waals surface area contributed by atoms with Crippen LogP contribution in [-0.2, 0) is 6.54 Å². The van der Waals surface area contributed by atoms with Gasteiger partial charge in [0.05, 0.1) is 18.5 Å². The third-order valence-electron chi connectivity index (χ3n) is 3.82. The lowest BCUT2D eigenvalue weighted by Gasteiger charge is -2.18. The monoisotopic (exact) mass is 353 g/mol. The average molecular weight is 353 g/mol. The van der Waals surface area contributed by atoms with Crippen molar-refractivity contribution in [3.63, 3.8) is 0 Å². The second kappa shape index (κ2) is 7.44. The number of amides is 1. The smallest absolute Gasteiger partial charge is 0.265 e. The zero-order valence-corrected chi connectivity index (χ0v) is 15.2. The molecule has 2 heterocycles. The summed E-state index contributed by atoms with van der Waals surface area (Å²) < 4.78 is 5.36. The minimum absolute atomic E-state index is 0.0527. The first-order chi connectivity index (χ1) is 12.1. The lowest BCUT2D eigenvalue weighted by Crippen LogP contribution is -2.26. The average Bonchev–Trinajstić information content (AvgIpc) is 3.04. The van der Waals surface area contributed by atoms with E-state index in [-0.39, 0.29) is 5.91 Å². The summed E-state index contributed by atoms with van der Waals surface area (Å²) in [5.74, 6) is 0.723. The number of carbonyl (C=O) groups excluding carboxylic acids is 1. The van der Waals surface area contributed by atoms with Crippen LogP contribution in [0.15, 0.2) is 48.7 Å². The maximum absolute atomic E-state index is 12.8. The van der Waals surface area contributed by atoms with Crippen molar-refractivity contribution >= 4 is 17.2 Å². The normalized spacial score (nSPS) is 10.5. The molecule has 0 unspecified atom stereocenters. The molecule has 0 saturated heterocycles. The summed E-state index contributed by atoms with van der Waals surface area (Å²) in [5, 5.41) is 0.757. The molecule has 0 fully saturated rings. The van der Waals surface area contributed by atoms with Gasteiger partial charge in [-0.25, -0.2) is 4.98 Å². The van der Waals surface area contributed by atoms with E-state index in [2.05, 4.69) is 9.97 Å². The minimum Gasteiger partial charge on any atom is -0.496 e. The number of pyridine rings is 1. The Kier molecular flexibility index (Phi) is 5.09. The summed E-state index contributed by atoms with van der Waals surface area (Å²) in [4.78, 5) is 24.0. The number of thiazole rings is 1. The highest BCUT2D eigenvalue weighted by atomic mass is 32.1. The van der Waals surface area contributed by atoms with Crippen LogP contribution in [0.2, 0.25) is 0 Å². The van der Waals surface area contributed by atoms with E-state index in [1.165, 1.54) is 11.3 Å². The Morgan fingerprint density at radius 1 is 1.20 bits per heavy atom. The molecule has 5 nitrogen and oxygen atoms in total. The van der Waals surface area contributed by atoms with Crippen molar-refractivity contribution in [1.82, 2.24) is 14.9 Å². The maximum Gasteiger partial charge on any atom is 0.265 e. The van der Waals surface area contributed by atoms with Crippen LogP contribution in [0.5, 0.6) is 5.75 Å². The highest BCUT2D eigenvalue weighted by Crippen LogP contribution is 2.28. The van der Waals surface area contributed by atoms with Gasteiger partial charge in [-0.2, -0.15) is 0 Å². The standard InChI is InChI=1S/C19H19N3O2S/c1-13-17(25-18(21-13)15-9-6-7-11-20-15)19(23)22(2)12-14-8-4-5-10-16(14)24-3/h4-11H,12H2,1-3H3. The summed E-state index contributed by atoms with van der Waals surface area (Å²) >= 11 is 1.37. The molecular weight excluding hydrogens is 334 g/mol. The van der Waals surface area contributed by atoms with Crippen LogP contribution in [0.4, 0.5) is 0 Å². The molecule has 3 aromatic rings. The van der Waals surface area contributed by atoms with E-state index in [1.807, 2.05) is 49.4 Å². The van der Waals surface area contributed by atoms with Crippen LogP contribution >= 0.6 is 11.3 Å². The van der Waals surface area contributed by atoms with Gasteiger partial charge < -0.3 is 9.64 Å². The van der Waals surface area contributed by atoms with Crippen LogP contribution in [0.1, 0.15) is 20.9 Å². The van der Waals surface area contributed by atoms with Crippen molar-refractivity contribution in [1.29, 1.82) is 0 Å².